The highest BCUT2D eigenvalue weighted by atomic mass is 19.2. The molecule has 0 saturated carbocycles. The van der Waals surface area contributed by atoms with Crippen LogP contribution in [0.5, 0.6) is 0 Å². The van der Waals surface area contributed by atoms with Gasteiger partial charge in [0.15, 0.2) is 11.6 Å². The van der Waals surface area contributed by atoms with Crippen molar-refractivity contribution in [3.8, 4) is 0 Å². The molecule has 26 heavy (non-hydrogen) atoms. The van der Waals surface area contributed by atoms with E-state index in [0.29, 0.717) is 25.4 Å². The van der Waals surface area contributed by atoms with E-state index in [9.17, 15) is 13.6 Å². The first-order chi connectivity index (χ1) is 12.6. The smallest absolute Gasteiger partial charge is 0.314 e. The first-order valence-electron chi connectivity index (χ1n) is 8.94. The van der Waals surface area contributed by atoms with Crippen LogP contribution in [0.15, 0.2) is 24.5 Å². The molecule has 0 spiro atoms. The third kappa shape index (κ3) is 5.00. The number of aryl methyl sites for hydroxylation is 2. The summed E-state index contributed by atoms with van der Waals surface area (Å²) in [6.07, 6.45) is 5.80. The molecule has 3 rings (SSSR count). The molecule has 0 saturated heterocycles. The van der Waals surface area contributed by atoms with Gasteiger partial charge in [0.2, 0.25) is 0 Å². The van der Waals surface area contributed by atoms with Crippen molar-refractivity contribution >= 4 is 6.03 Å². The Morgan fingerprint density at radius 3 is 2.96 bits per heavy atom. The van der Waals surface area contributed by atoms with Gasteiger partial charge in [-0.05, 0) is 49.3 Å². The Bertz CT molecular complexity index is 749. The van der Waals surface area contributed by atoms with Crippen molar-refractivity contribution in [2.45, 2.75) is 38.6 Å². The number of nitrogens with zero attached hydrogens (tertiary/aromatic N) is 3. The van der Waals surface area contributed by atoms with Crippen LogP contribution in [0.3, 0.4) is 0 Å². The fraction of sp³-hybridized carbons (Fsp3) is 0.500. The van der Waals surface area contributed by atoms with Crippen LogP contribution in [-0.2, 0) is 19.4 Å². The van der Waals surface area contributed by atoms with Gasteiger partial charge in [-0.3, -0.25) is 0 Å². The van der Waals surface area contributed by atoms with Gasteiger partial charge >= 0.3 is 6.03 Å². The van der Waals surface area contributed by atoms with E-state index in [-0.39, 0.29) is 6.03 Å². The average Bonchev–Trinajstić information content (AvgIpc) is 3.10. The van der Waals surface area contributed by atoms with Gasteiger partial charge in [-0.15, -0.1) is 10.2 Å². The number of fused-ring (bicyclic) bond motifs is 1. The number of amides is 2. The maximum absolute atomic E-state index is 13.1. The Kier molecular flexibility index (Phi) is 6.14. The van der Waals surface area contributed by atoms with E-state index in [1.165, 1.54) is 6.07 Å². The Hall–Kier alpha value is -2.51. The minimum Gasteiger partial charge on any atom is -0.338 e. The van der Waals surface area contributed by atoms with Crippen LogP contribution >= 0.6 is 0 Å². The fourth-order valence-electron chi connectivity index (χ4n) is 3.13. The van der Waals surface area contributed by atoms with Crippen LogP contribution in [0.4, 0.5) is 13.6 Å². The molecule has 2 aromatic rings. The summed E-state index contributed by atoms with van der Waals surface area (Å²) in [5.74, 6) is -0.294. The minimum absolute atomic E-state index is 0.176. The second kappa shape index (κ2) is 8.73. The van der Waals surface area contributed by atoms with E-state index >= 15 is 0 Å². The number of hydrogen-bond acceptors (Lipinski definition) is 3. The lowest BCUT2D eigenvalue weighted by atomic mass is 9.98. The number of carbonyl (C=O) groups excluding carboxylic acids is 1. The molecule has 1 aromatic heterocycles. The molecule has 1 aliphatic rings. The number of halogens is 2. The number of urea groups is 1. The number of aromatic nitrogens is 3. The molecule has 6 nitrogen and oxygen atoms in total. The number of unbranched alkanes of at least 4 members (excludes halogenated alkanes) is 1. The van der Waals surface area contributed by atoms with Crippen LogP contribution in [0.1, 0.15) is 30.7 Å². The SMILES string of the molecule is O=C(NCCCCc1ccc(F)c(F)c1)NCC1CCn2cnnc2C1. The van der Waals surface area contributed by atoms with Crippen molar-refractivity contribution in [1.82, 2.24) is 25.4 Å². The van der Waals surface area contributed by atoms with Crippen molar-refractivity contribution in [2.24, 2.45) is 5.92 Å². The number of rotatable bonds is 7. The zero-order valence-electron chi connectivity index (χ0n) is 14.5. The Morgan fingerprint density at radius 1 is 1.23 bits per heavy atom. The lowest BCUT2D eigenvalue weighted by Gasteiger charge is -2.22. The predicted molar refractivity (Wildman–Crippen MR) is 92.5 cm³/mol. The molecule has 2 N–H and O–H groups in total. The van der Waals surface area contributed by atoms with Crippen molar-refractivity contribution < 1.29 is 13.6 Å². The molecule has 0 fully saturated rings. The highest BCUT2D eigenvalue weighted by molar-refractivity contribution is 5.73. The highest BCUT2D eigenvalue weighted by Gasteiger charge is 2.20. The van der Waals surface area contributed by atoms with Gasteiger partial charge in [0.25, 0.3) is 0 Å². The van der Waals surface area contributed by atoms with Crippen LogP contribution in [-0.4, -0.2) is 33.9 Å². The van der Waals surface area contributed by atoms with Crippen LogP contribution in [0.25, 0.3) is 0 Å². The zero-order chi connectivity index (χ0) is 18.4. The van der Waals surface area contributed by atoms with Crippen molar-refractivity contribution in [2.75, 3.05) is 13.1 Å². The lowest BCUT2D eigenvalue weighted by Crippen LogP contribution is -2.40. The molecule has 2 amide bonds. The van der Waals surface area contributed by atoms with Gasteiger partial charge in [-0.1, -0.05) is 6.07 Å². The predicted octanol–water partition coefficient (Wildman–Crippen LogP) is 2.44. The van der Waals surface area contributed by atoms with Crippen molar-refractivity contribution in [1.29, 1.82) is 0 Å². The number of carbonyl (C=O) groups is 1. The summed E-state index contributed by atoms with van der Waals surface area (Å²) in [6.45, 7) is 2.06. The van der Waals surface area contributed by atoms with E-state index in [2.05, 4.69) is 20.8 Å². The van der Waals surface area contributed by atoms with Crippen LogP contribution in [0.2, 0.25) is 0 Å². The van der Waals surface area contributed by atoms with Crippen LogP contribution < -0.4 is 10.6 Å². The zero-order valence-corrected chi connectivity index (χ0v) is 14.5. The summed E-state index contributed by atoms with van der Waals surface area (Å²) in [5.41, 5.74) is 0.763. The topological polar surface area (TPSA) is 71.8 Å². The van der Waals surface area contributed by atoms with Gasteiger partial charge in [-0.2, -0.15) is 0 Å². The van der Waals surface area contributed by atoms with E-state index < -0.39 is 11.6 Å². The summed E-state index contributed by atoms with van der Waals surface area (Å²) < 4.78 is 28.0. The first-order valence-corrected chi connectivity index (χ1v) is 8.94. The molecule has 1 aromatic carbocycles. The molecule has 140 valence electrons. The van der Waals surface area contributed by atoms with E-state index in [0.717, 1.165) is 49.7 Å². The number of benzene rings is 1. The summed E-state index contributed by atoms with van der Waals surface area (Å²) in [6, 6.07) is 3.78. The average molecular weight is 363 g/mol. The number of nitrogens with one attached hydrogen (secondary N) is 2. The Balaban J connectivity index is 1.27. The molecule has 1 aliphatic heterocycles. The third-order valence-electron chi connectivity index (χ3n) is 4.66. The lowest BCUT2D eigenvalue weighted by molar-refractivity contribution is 0.237. The second-order valence-electron chi connectivity index (χ2n) is 6.64. The monoisotopic (exact) mass is 363 g/mol. The molecular weight excluding hydrogens is 340 g/mol. The van der Waals surface area contributed by atoms with Crippen molar-refractivity contribution in [3.63, 3.8) is 0 Å². The second-order valence-corrected chi connectivity index (χ2v) is 6.64. The van der Waals surface area contributed by atoms with E-state index in [1.807, 2.05) is 4.57 Å². The van der Waals surface area contributed by atoms with Gasteiger partial charge in [-0.25, -0.2) is 13.6 Å². The van der Waals surface area contributed by atoms with Crippen LogP contribution in [0, 0.1) is 17.6 Å². The van der Waals surface area contributed by atoms with Gasteiger partial charge < -0.3 is 15.2 Å². The maximum Gasteiger partial charge on any atom is 0.314 e. The molecule has 1 atom stereocenters. The molecule has 8 heteroatoms. The standard InChI is InChI=1S/C18H23F2N5O/c19-15-5-4-13(9-16(15)20)3-1-2-7-21-18(26)22-11-14-6-8-25-12-23-24-17(25)10-14/h4-5,9,12,14H,1-3,6-8,10-11H2,(H2,21,22,26). The summed E-state index contributed by atoms with van der Waals surface area (Å²) >= 11 is 0. The Labute approximate surface area is 151 Å². The third-order valence-corrected chi connectivity index (χ3v) is 4.66. The largest absolute Gasteiger partial charge is 0.338 e. The van der Waals surface area contributed by atoms with Crippen molar-refractivity contribution in [3.05, 3.63) is 47.5 Å². The summed E-state index contributed by atoms with van der Waals surface area (Å²) in [4.78, 5) is 11.8. The molecule has 2 heterocycles. The molecular formula is C18H23F2N5O. The fourth-order valence-corrected chi connectivity index (χ4v) is 3.13. The molecule has 0 aliphatic carbocycles. The minimum atomic E-state index is -0.828. The maximum atomic E-state index is 13.1. The quantitative estimate of drug-likeness (QED) is 0.742. The van der Waals surface area contributed by atoms with E-state index in [1.54, 1.807) is 12.4 Å². The molecule has 1 unspecified atom stereocenters. The van der Waals surface area contributed by atoms with Gasteiger partial charge in [0.1, 0.15) is 12.2 Å². The summed E-state index contributed by atoms with van der Waals surface area (Å²) in [5, 5.41) is 13.7. The molecule has 0 radical (unpaired) electrons. The highest BCUT2D eigenvalue weighted by Crippen LogP contribution is 2.17. The first kappa shape index (κ1) is 18.3. The van der Waals surface area contributed by atoms with Gasteiger partial charge in [0, 0.05) is 26.1 Å². The Morgan fingerprint density at radius 2 is 2.12 bits per heavy atom. The summed E-state index contributed by atoms with van der Waals surface area (Å²) in [7, 11) is 0. The van der Waals surface area contributed by atoms with E-state index in [4.69, 9.17) is 0 Å². The molecule has 0 bridgehead atoms. The number of hydrogen-bond donors (Lipinski definition) is 2. The van der Waals surface area contributed by atoms with Gasteiger partial charge in [0.05, 0.1) is 0 Å². The normalized spacial score (nSPS) is 16.2.